The molecule has 29 heavy (non-hydrogen) atoms. The van der Waals surface area contributed by atoms with Gasteiger partial charge in [-0.25, -0.2) is 4.98 Å². The second-order valence-corrected chi connectivity index (χ2v) is 10.4. The van der Waals surface area contributed by atoms with E-state index in [9.17, 15) is 0 Å². The lowest BCUT2D eigenvalue weighted by Gasteiger charge is -2.41. The molecule has 0 aliphatic carbocycles. The van der Waals surface area contributed by atoms with Gasteiger partial charge in [0.25, 0.3) is 0 Å². The fourth-order valence-electron chi connectivity index (χ4n) is 3.55. The zero-order valence-corrected chi connectivity index (χ0v) is 19.3. The van der Waals surface area contributed by atoms with Crippen molar-refractivity contribution in [3.05, 3.63) is 54.6 Å². The highest BCUT2D eigenvalue weighted by molar-refractivity contribution is 7.69. The van der Waals surface area contributed by atoms with Gasteiger partial charge in [0.2, 0.25) is 5.13 Å². The highest BCUT2D eigenvalue weighted by atomic mass is 32.1. The van der Waals surface area contributed by atoms with Crippen LogP contribution >= 0.6 is 18.7 Å². The van der Waals surface area contributed by atoms with E-state index in [2.05, 4.69) is 82.7 Å². The monoisotopic (exact) mass is 428 g/mol. The first-order valence-electron chi connectivity index (χ1n) is 10.1. The fraction of sp³-hybridized carbons (Fsp3) is 0.381. The molecule has 1 heterocycles. The fourth-order valence-corrected chi connectivity index (χ4v) is 7.98. The van der Waals surface area contributed by atoms with E-state index in [-0.39, 0.29) is 0 Å². The molecule has 0 bridgehead atoms. The summed E-state index contributed by atoms with van der Waals surface area (Å²) >= 11 is 1.54. The maximum absolute atomic E-state index is 4.96. The van der Waals surface area contributed by atoms with Crippen LogP contribution in [0.2, 0.25) is 0 Å². The van der Waals surface area contributed by atoms with E-state index in [4.69, 9.17) is 4.85 Å². The largest absolute Gasteiger partial charge is 0.253 e. The number of benzene rings is 2. The summed E-state index contributed by atoms with van der Waals surface area (Å²) in [6.45, 7) is 12.3. The van der Waals surface area contributed by atoms with E-state index in [1.807, 2.05) is 24.3 Å². The van der Waals surface area contributed by atoms with Gasteiger partial charge in [0, 0.05) is 31.5 Å². The van der Waals surface area contributed by atoms with Crippen LogP contribution in [-0.2, 0) is 0 Å². The minimum Gasteiger partial charge on any atom is -0.253 e. The second-order valence-electron chi connectivity index (χ2n) is 6.42. The normalized spacial score (nSPS) is 12.5. The summed E-state index contributed by atoms with van der Waals surface area (Å²) in [6.07, 6.45) is 0. The SMILES string of the molecule is CCN(CC)P(=N/N=N/c1nc2ccccc2s1)(c1ccccc1)N(CC)CC. The number of hydrogen-bond donors (Lipinski definition) is 0. The van der Waals surface area contributed by atoms with Gasteiger partial charge in [-0.15, -0.1) is 4.85 Å². The highest BCUT2D eigenvalue weighted by Crippen LogP contribution is 2.55. The Hall–Kier alpha value is -1.92. The number of nitrogens with zero attached hydrogens (tertiary/aromatic N) is 6. The molecular weight excluding hydrogens is 399 g/mol. The van der Waals surface area contributed by atoms with Gasteiger partial charge in [-0.3, -0.25) is 9.34 Å². The molecule has 0 N–H and O–H groups in total. The predicted octanol–water partition coefficient (Wildman–Crippen LogP) is 6.34. The third kappa shape index (κ3) is 4.48. The summed E-state index contributed by atoms with van der Waals surface area (Å²) in [5.41, 5.74) is 0.947. The highest BCUT2D eigenvalue weighted by Gasteiger charge is 2.34. The first-order valence-corrected chi connectivity index (χ1v) is 12.6. The molecule has 0 radical (unpaired) electrons. The van der Waals surface area contributed by atoms with E-state index in [1.54, 1.807) is 0 Å². The zero-order valence-electron chi connectivity index (χ0n) is 17.6. The van der Waals surface area contributed by atoms with Gasteiger partial charge in [-0.1, -0.05) is 86.6 Å². The number of para-hydroxylation sites is 1. The Morgan fingerprint density at radius 3 is 2.00 bits per heavy atom. The minimum atomic E-state index is -2.23. The molecule has 0 saturated carbocycles. The molecule has 2 aromatic carbocycles. The van der Waals surface area contributed by atoms with E-state index >= 15 is 0 Å². The van der Waals surface area contributed by atoms with E-state index in [1.165, 1.54) is 16.6 Å². The molecule has 154 valence electrons. The zero-order chi connectivity index (χ0) is 20.7. The average molecular weight is 429 g/mol. The second kappa shape index (κ2) is 10.2. The molecule has 0 amide bonds. The molecule has 8 heteroatoms. The summed E-state index contributed by atoms with van der Waals surface area (Å²) in [5, 5.41) is 10.6. The summed E-state index contributed by atoms with van der Waals surface area (Å²) < 4.78 is 5.98. The van der Waals surface area contributed by atoms with Crippen LogP contribution in [0.5, 0.6) is 0 Å². The van der Waals surface area contributed by atoms with Crippen molar-refractivity contribution in [3.8, 4) is 0 Å². The maximum atomic E-state index is 4.96. The predicted molar refractivity (Wildman–Crippen MR) is 125 cm³/mol. The van der Waals surface area contributed by atoms with Gasteiger partial charge in [0.05, 0.1) is 10.2 Å². The first kappa shape index (κ1) is 21.8. The van der Waals surface area contributed by atoms with Crippen LogP contribution < -0.4 is 5.30 Å². The Morgan fingerprint density at radius 2 is 1.41 bits per heavy atom. The van der Waals surface area contributed by atoms with Gasteiger partial charge in [-0.05, 0) is 17.4 Å². The molecule has 6 nitrogen and oxygen atoms in total. The summed E-state index contributed by atoms with van der Waals surface area (Å²) in [5.74, 6) is 0. The number of rotatable bonds is 9. The Balaban J connectivity index is 2.14. The van der Waals surface area contributed by atoms with Gasteiger partial charge >= 0.3 is 0 Å². The lowest BCUT2D eigenvalue weighted by atomic mass is 10.3. The number of hydrogen-bond acceptors (Lipinski definition) is 3. The van der Waals surface area contributed by atoms with Crippen molar-refractivity contribution < 1.29 is 0 Å². The van der Waals surface area contributed by atoms with Crippen LogP contribution in [0, 0.1) is 0 Å². The first-order chi connectivity index (χ1) is 14.2. The van der Waals surface area contributed by atoms with Crippen molar-refractivity contribution in [2.45, 2.75) is 27.7 Å². The third-order valence-corrected chi connectivity index (χ3v) is 9.88. The number of thiazole rings is 1. The summed E-state index contributed by atoms with van der Waals surface area (Å²) in [6, 6.07) is 18.6. The lowest BCUT2D eigenvalue weighted by molar-refractivity contribution is 0.419. The van der Waals surface area contributed by atoms with Crippen molar-refractivity contribution in [2.24, 2.45) is 15.2 Å². The van der Waals surface area contributed by atoms with Crippen LogP contribution in [0.15, 0.2) is 69.8 Å². The Kier molecular flexibility index (Phi) is 7.67. The molecule has 3 aromatic rings. The number of aromatic nitrogens is 1. The van der Waals surface area contributed by atoms with Gasteiger partial charge in [0.1, 0.15) is 0 Å². The molecule has 0 aliphatic heterocycles. The van der Waals surface area contributed by atoms with Gasteiger partial charge in [0.15, 0.2) is 7.36 Å². The smallest absolute Gasteiger partial charge is 0.232 e. The van der Waals surface area contributed by atoms with E-state index in [0.29, 0.717) is 5.13 Å². The molecule has 0 spiro atoms. The van der Waals surface area contributed by atoms with Crippen LogP contribution in [0.25, 0.3) is 10.2 Å². The Bertz CT molecular complexity index is 944. The molecule has 0 saturated heterocycles. The lowest BCUT2D eigenvalue weighted by Crippen LogP contribution is -2.37. The van der Waals surface area contributed by atoms with Crippen LogP contribution in [-0.4, -0.2) is 40.5 Å². The molecule has 0 fully saturated rings. The third-order valence-electron chi connectivity index (χ3n) is 4.93. The van der Waals surface area contributed by atoms with Crippen LogP contribution in [0.1, 0.15) is 27.7 Å². The van der Waals surface area contributed by atoms with Gasteiger partial charge in [-0.2, -0.15) is 0 Å². The summed E-state index contributed by atoms with van der Waals surface area (Å²) in [7, 11) is -2.23. The Labute approximate surface area is 177 Å². The average Bonchev–Trinajstić information content (AvgIpc) is 3.18. The quantitative estimate of drug-likeness (QED) is 0.227. The van der Waals surface area contributed by atoms with Crippen molar-refractivity contribution >= 4 is 39.3 Å². The van der Waals surface area contributed by atoms with Crippen LogP contribution in [0.4, 0.5) is 5.13 Å². The number of fused-ring (bicyclic) bond motifs is 1. The van der Waals surface area contributed by atoms with Crippen molar-refractivity contribution in [3.63, 3.8) is 0 Å². The molecule has 0 aliphatic rings. The van der Waals surface area contributed by atoms with Crippen LogP contribution in [0.3, 0.4) is 0 Å². The molecule has 1 aromatic heterocycles. The van der Waals surface area contributed by atoms with Crippen molar-refractivity contribution in [1.82, 2.24) is 14.3 Å². The van der Waals surface area contributed by atoms with E-state index in [0.717, 1.165) is 36.4 Å². The minimum absolute atomic E-state index is 0.639. The van der Waals surface area contributed by atoms with E-state index < -0.39 is 7.36 Å². The molecule has 0 unspecified atom stereocenters. The van der Waals surface area contributed by atoms with Gasteiger partial charge < -0.3 is 0 Å². The topological polar surface area (TPSA) is 56.5 Å². The van der Waals surface area contributed by atoms with Crippen molar-refractivity contribution in [2.75, 3.05) is 26.2 Å². The Morgan fingerprint density at radius 1 is 0.828 bits per heavy atom. The van der Waals surface area contributed by atoms with Crippen molar-refractivity contribution in [1.29, 1.82) is 0 Å². The molecule has 0 atom stereocenters. The summed E-state index contributed by atoms with van der Waals surface area (Å²) in [4.78, 5) is 9.52. The standard InChI is InChI=1S/C21H29N6PS/c1-5-26(6-2)28(27(7-3)8-4,18-14-10-9-11-15-18)25-24-23-21-22-19-16-12-13-17-20(19)29-21/h9-17H,5-8H2,1-4H3/b24-23+. The molecule has 3 rings (SSSR count). The maximum Gasteiger partial charge on any atom is 0.232 e. The molecular formula is C21H29N6PS.